The normalized spacial score (nSPS) is 13.9. The van der Waals surface area contributed by atoms with Crippen LogP contribution in [0.5, 0.6) is 0 Å². The number of anilines is 2. The summed E-state index contributed by atoms with van der Waals surface area (Å²) in [5, 5.41) is 17.4. The molecule has 5 nitrogen and oxygen atoms in total. The van der Waals surface area contributed by atoms with Gasteiger partial charge in [0.15, 0.2) is 11.0 Å². The summed E-state index contributed by atoms with van der Waals surface area (Å²) in [6.45, 7) is 0. The number of aliphatic carboxylic acids is 1. The number of thiophene rings is 1. The molecule has 1 saturated carbocycles. The lowest BCUT2D eigenvalue weighted by Gasteiger charge is -2.13. The van der Waals surface area contributed by atoms with Gasteiger partial charge in [0.05, 0.1) is 16.0 Å². The Morgan fingerprint density at radius 3 is 2.75 bits per heavy atom. The van der Waals surface area contributed by atoms with Crippen molar-refractivity contribution in [3.63, 3.8) is 0 Å². The lowest BCUT2D eigenvalue weighted by Crippen LogP contribution is -2.02. The molecule has 1 aliphatic rings. The van der Waals surface area contributed by atoms with Gasteiger partial charge in [-0.15, -0.1) is 11.3 Å². The van der Waals surface area contributed by atoms with Crippen LogP contribution in [-0.4, -0.2) is 26.8 Å². The van der Waals surface area contributed by atoms with E-state index >= 15 is 0 Å². The van der Waals surface area contributed by atoms with Crippen molar-refractivity contribution in [2.45, 2.75) is 23.9 Å². The van der Waals surface area contributed by atoms with Gasteiger partial charge in [-0.3, -0.25) is 4.79 Å². The minimum atomic E-state index is -0.879. The topological polar surface area (TPSA) is 75.1 Å². The Morgan fingerprint density at radius 2 is 1.96 bits per heavy atom. The number of thioether (sulfide) groups is 1. The second kappa shape index (κ2) is 7.07. The number of carbonyl (C=O) groups is 1. The van der Waals surface area contributed by atoms with Crippen LogP contribution < -0.4 is 5.32 Å². The summed E-state index contributed by atoms with van der Waals surface area (Å²) < 4.78 is 0.968. The zero-order valence-electron chi connectivity index (χ0n) is 14.9. The smallest absolute Gasteiger partial charge is 0.313 e. The molecule has 5 rings (SSSR count). The van der Waals surface area contributed by atoms with Crippen LogP contribution in [0.2, 0.25) is 0 Å². The molecule has 2 aromatic carbocycles. The monoisotopic (exact) mass is 407 g/mol. The largest absolute Gasteiger partial charge is 0.481 e. The average molecular weight is 408 g/mol. The molecular formula is C21H17N3O2S2. The molecule has 2 N–H and O–H groups in total. The van der Waals surface area contributed by atoms with E-state index in [-0.39, 0.29) is 5.75 Å². The lowest BCUT2D eigenvalue weighted by atomic mass is 9.99. The van der Waals surface area contributed by atoms with Gasteiger partial charge in [0, 0.05) is 11.1 Å². The van der Waals surface area contributed by atoms with Gasteiger partial charge in [-0.25, -0.2) is 9.97 Å². The number of hydrogen-bond acceptors (Lipinski definition) is 6. The van der Waals surface area contributed by atoms with Crippen LogP contribution in [0.15, 0.2) is 53.0 Å². The number of fused-ring (bicyclic) bond motifs is 2. The number of rotatable bonds is 6. The third kappa shape index (κ3) is 3.31. The molecule has 1 fully saturated rings. The fraction of sp³-hybridized carbons (Fsp3) is 0.190. The van der Waals surface area contributed by atoms with Gasteiger partial charge in [0.1, 0.15) is 0 Å². The number of benzene rings is 2. The summed E-state index contributed by atoms with van der Waals surface area (Å²) in [5.41, 5.74) is 3.25. The fourth-order valence-corrected chi connectivity index (χ4v) is 4.77. The molecule has 28 heavy (non-hydrogen) atoms. The molecule has 2 heterocycles. The molecule has 0 radical (unpaired) electrons. The van der Waals surface area contributed by atoms with Crippen molar-refractivity contribution in [1.29, 1.82) is 0 Å². The van der Waals surface area contributed by atoms with Crippen molar-refractivity contribution >= 4 is 61.6 Å². The molecule has 4 aromatic rings. The van der Waals surface area contributed by atoms with Gasteiger partial charge >= 0.3 is 5.97 Å². The maximum atomic E-state index is 10.9. The van der Waals surface area contributed by atoms with Gasteiger partial charge in [0.2, 0.25) is 0 Å². The number of nitrogens with one attached hydrogen (secondary N) is 1. The minimum absolute atomic E-state index is 0.0614. The number of aromatic nitrogens is 2. The SMILES string of the molecule is O=C(O)CSc1nc(Nc2ccc(C3CC3)c3ccccc23)c2sccc2n1. The van der Waals surface area contributed by atoms with Crippen LogP contribution in [0.1, 0.15) is 24.3 Å². The highest BCUT2D eigenvalue weighted by Crippen LogP contribution is 2.44. The standard InChI is InChI=1S/C21H17N3O2S2/c25-18(26)11-28-21-23-17-9-10-27-19(17)20(24-21)22-16-8-7-13(12-5-6-12)14-3-1-2-4-15(14)16/h1-4,7-10,12H,5-6,11H2,(H,25,26)(H,22,23,24). The van der Waals surface area contributed by atoms with E-state index in [0.717, 1.165) is 33.5 Å². The number of nitrogens with zero attached hydrogens (tertiary/aromatic N) is 2. The summed E-state index contributed by atoms with van der Waals surface area (Å²) in [6.07, 6.45) is 2.53. The third-order valence-electron chi connectivity index (χ3n) is 4.84. The second-order valence-corrected chi connectivity index (χ2v) is 8.68. The molecule has 0 unspecified atom stereocenters. The quantitative estimate of drug-likeness (QED) is 0.318. The summed E-state index contributed by atoms with van der Waals surface area (Å²) in [6, 6.07) is 14.7. The van der Waals surface area contributed by atoms with Gasteiger partial charge in [-0.1, -0.05) is 42.1 Å². The first-order chi connectivity index (χ1) is 13.7. The Labute approximate surface area is 169 Å². The Morgan fingerprint density at radius 1 is 1.14 bits per heavy atom. The summed E-state index contributed by atoms with van der Waals surface area (Å²) in [4.78, 5) is 20.0. The molecule has 0 aliphatic heterocycles. The fourth-order valence-electron chi connectivity index (χ4n) is 3.43. The van der Waals surface area contributed by atoms with E-state index < -0.39 is 5.97 Å². The molecule has 0 amide bonds. The van der Waals surface area contributed by atoms with E-state index in [2.05, 4.69) is 51.7 Å². The zero-order valence-corrected chi connectivity index (χ0v) is 16.5. The highest BCUT2D eigenvalue weighted by molar-refractivity contribution is 7.99. The first-order valence-corrected chi connectivity index (χ1v) is 10.9. The molecule has 2 aromatic heterocycles. The Hall–Kier alpha value is -2.64. The van der Waals surface area contributed by atoms with Crippen molar-refractivity contribution in [1.82, 2.24) is 9.97 Å². The van der Waals surface area contributed by atoms with E-state index in [4.69, 9.17) is 5.11 Å². The molecular weight excluding hydrogens is 390 g/mol. The van der Waals surface area contributed by atoms with E-state index in [1.807, 2.05) is 11.4 Å². The molecule has 7 heteroatoms. The van der Waals surface area contributed by atoms with E-state index in [1.165, 1.54) is 29.2 Å². The van der Waals surface area contributed by atoms with Gasteiger partial charge in [-0.05, 0) is 47.2 Å². The van der Waals surface area contributed by atoms with Crippen LogP contribution in [0, 0.1) is 0 Å². The molecule has 0 saturated heterocycles. The molecule has 0 atom stereocenters. The summed E-state index contributed by atoms with van der Waals surface area (Å²) in [7, 11) is 0. The van der Waals surface area contributed by atoms with E-state index in [0.29, 0.717) is 11.1 Å². The Kier molecular flexibility index (Phi) is 4.41. The first-order valence-electron chi connectivity index (χ1n) is 9.07. The summed E-state index contributed by atoms with van der Waals surface area (Å²) >= 11 is 2.71. The molecule has 1 aliphatic carbocycles. The molecule has 140 valence electrons. The number of carboxylic acid groups (broad SMARTS) is 1. The van der Waals surface area contributed by atoms with Crippen LogP contribution in [-0.2, 0) is 4.79 Å². The van der Waals surface area contributed by atoms with Crippen molar-refractivity contribution < 1.29 is 9.90 Å². The van der Waals surface area contributed by atoms with Crippen molar-refractivity contribution in [3.05, 3.63) is 53.4 Å². The maximum absolute atomic E-state index is 10.9. The number of hydrogen-bond donors (Lipinski definition) is 2. The van der Waals surface area contributed by atoms with Crippen molar-refractivity contribution in [3.8, 4) is 0 Å². The predicted molar refractivity (Wildman–Crippen MR) is 115 cm³/mol. The van der Waals surface area contributed by atoms with Crippen molar-refractivity contribution in [2.75, 3.05) is 11.1 Å². The predicted octanol–water partition coefficient (Wildman–Crippen LogP) is 5.64. The van der Waals surface area contributed by atoms with Crippen LogP contribution in [0.3, 0.4) is 0 Å². The highest BCUT2D eigenvalue weighted by Gasteiger charge is 2.25. The first kappa shape index (κ1) is 17.5. The lowest BCUT2D eigenvalue weighted by molar-refractivity contribution is -0.133. The van der Waals surface area contributed by atoms with Crippen LogP contribution in [0.4, 0.5) is 11.5 Å². The molecule has 0 bridgehead atoms. The number of carboxylic acids is 1. The average Bonchev–Trinajstić information content (AvgIpc) is 3.43. The van der Waals surface area contributed by atoms with Crippen molar-refractivity contribution in [2.24, 2.45) is 0 Å². The Bertz CT molecular complexity index is 1200. The van der Waals surface area contributed by atoms with Crippen LogP contribution >= 0.6 is 23.1 Å². The third-order valence-corrected chi connectivity index (χ3v) is 6.58. The molecule has 0 spiro atoms. The summed E-state index contributed by atoms with van der Waals surface area (Å²) in [5.74, 6) is 0.460. The Balaban J connectivity index is 1.57. The van der Waals surface area contributed by atoms with Crippen LogP contribution in [0.25, 0.3) is 21.0 Å². The van der Waals surface area contributed by atoms with E-state index in [1.54, 1.807) is 11.3 Å². The zero-order chi connectivity index (χ0) is 19.1. The maximum Gasteiger partial charge on any atom is 0.313 e. The van der Waals surface area contributed by atoms with Gasteiger partial charge in [-0.2, -0.15) is 0 Å². The highest BCUT2D eigenvalue weighted by atomic mass is 32.2. The minimum Gasteiger partial charge on any atom is -0.481 e. The van der Waals surface area contributed by atoms with Gasteiger partial charge in [0.25, 0.3) is 0 Å². The second-order valence-electron chi connectivity index (χ2n) is 6.82. The van der Waals surface area contributed by atoms with E-state index in [9.17, 15) is 4.79 Å². The van der Waals surface area contributed by atoms with Gasteiger partial charge < -0.3 is 10.4 Å².